The van der Waals surface area contributed by atoms with Gasteiger partial charge in [-0.2, -0.15) is 11.1 Å². The van der Waals surface area contributed by atoms with Crippen molar-refractivity contribution >= 4 is 26.3 Å². The molecule has 0 saturated carbocycles. The summed E-state index contributed by atoms with van der Waals surface area (Å²) in [4.78, 5) is 8.47. The molecule has 2 aromatic rings. The average Bonchev–Trinajstić information content (AvgIpc) is 2.84. The first-order valence-electron chi connectivity index (χ1n) is 8.33. The minimum Gasteiger partial charge on any atom is -1.00 e. The SMILES string of the molecule is CC1=[C-]C(C)C(C)=C1C.[Cl-].[Cl-].[NH-]C=O.[Ti+4].c1ccc([SiH]c2ccccc2)cc1. The van der Waals surface area contributed by atoms with E-state index in [1.54, 1.807) is 0 Å². The number of halogens is 2. The van der Waals surface area contributed by atoms with E-state index in [1.807, 2.05) is 0 Å². The fourth-order valence-electron chi connectivity index (χ4n) is 2.45. The molecule has 0 saturated heterocycles. The number of carbonyl (C=O) groups excluding carboxylic acids is 1. The van der Waals surface area contributed by atoms with Crippen LogP contribution in [0.1, 0.15) is 27.7 Å². The monoisotopic (exact) mass is 466 g/mol. The predicted octanol–water partition coefficient (Wildman–Crippen LogP) is -2.00. The van der Waals surface area contributed by atoms with E-state index in [2.05, 4.69) is 94.4 Å². The molecule has 0 fully saturated rings. The first kappa shape index (κ1) is 31.6. The van der Waals surface area contributed by atoms with Crippen LogP contribution in [0.25, 0.3) is 5.73 Å². The second-order valence-corrected chi connectivity index (χ2v) is 7.50. The Morgan fingerprint density at radius 1 is 0.893 bits per heavy atom. The zero-order chi connectivity index (χ0) is 18.7. The van der Waals surface area contributed by atoms with Crippen molar-refractivity contribution in [2.24, 2.45) is 5.92 Å². The molecule has 0 bridgehead atoms. The Labute approximate surface area is 199 Å². The minimum atomic E-state index is 0. The Morgan fingerprint density at radius 2 is 1.25 bits per heavy atom. The van der Waals surface area contributed by atoms with Crippen LogP contribution < -0.4 is 35.2 Å². The molecule has 1 atom stereocenters. The van der Waals surface area contributed by atoms with Gasteiger partial charge >= 0.3 is 21.7 Å². The maximum Gasteiger partial charge on any atom is 4.00 e. The summed E-state index contributed by atoms with van der Waals surface area (Å²) in [5.41, 5.74) is 9.77. The first-order valence-corrected chi connectivity index (χ1v) is 9.48. The van der Waals surface area contributed by atoms with Crippen molar-refractivity contribution in [3.05, 3.63) is 89.2 Å². The van der Waals surface area contributed by atoms with E-state index in [0.29, 0.717) is 5.92 Å². The summed E-state index contributed by atoms with van der Waals surface area (Å²) < 4.78 is 0. The summed E-state index contributed by atoms with van der Waals surface area (Å²) in [7, 11) is 0.271. The topological polar surface area (TPSA) is 40.9 Å². The Kier molecular flexibility index (Phi) is 20.3. The summed E-state index contributed by atoms with van der Waals surface area (Å²) in [6.07, 6.45) is 3.36. The molecule has 1 radical (unpaired) electrons. The smallest absolute Gasteiger partial charge is 1.00 e. The molecule has 6 heteroatoms. The van der Waals surface area contributed by atoms with E-state index >= 15 is 0 Å². The number of benzene rings is 2. The van der Waals surface area contributed by atoms with E-state index in [0.717, 1.165) is 0 Å². The van der Waals surface area contributed by atoms with Crippen molar-refractivity contribution < 1.29 is 51.3 Å². The Hall–Kier alpha value is -1.10. The molecule has 0 heterocycles. The molecule has 1 amide bonds. The number of rotatable bonds is 2. The standard InChI is InChI=1S/C12H11Si.C9H13.CH3NO.2ClH.Ti/c1-3-7-11(8-4-1)13-12-9-5-2-6-10-12;1-6-5-7(2)9(4)8(6)3;2-1-3;;;/h1-10,13H;6H,1-4H3;1H,(H2,2,3);2*1H;/q;-1;;;;+4/p-3. The van der Waals surface area contributed by atoms with Gasteiger partial charge in [-0.1, -0.05) is 97.7 Å². The largest absolute Gasteiger partial charge is 4.00 e. The van der Waals surface area contributed by atoms with Gasteiger partial charge in [-0.05, 0) is 0 Å². The van der Waals surface area contributed by atoms with E-state index in [1.165, 1.54) is 27.1 Å². The summed E-state index contributed by atoms with van der Waals surface area (Å²) in [5, 5.41) is 2.90. The van der Waals surface area contributed by atoms with Gasteiger partial charge in [-0.25, -0.2) is 5.57 Å². The quantitative estimate of drug-likeness (QED) is 0.286. The molecule has 28 heavy (non-hydrogen) atoms. The maximum absolute atomic E-state index is 8.47. The fourth-order valence-corrected chi connectivity index (χ4v) is 3.67. The third-order valence-corrected chi connectivity index (χ3v) is 5.61. The summed E-state index contributed by atoms with van der Waals surface area (Å²) in [6, 6.07) is 21.3. The van der Waals surface area contributed by atoms with Crippen molar-refractivity contribution in [3.8, 4) is 0 Å². The Morgan fingerprint density at radius 3 is 1.46 bits per heavy atom. The molecule has 147 valence electrons. The van der Waals surface area contributed by atoms with E-state index in [-0.39, 0.29) is 62.5 Å². The number of amides is 1. The summed E-state index contributed by atoms with van der Waals surface area (Å²) in [6.45, 7) is 8.67. The molecule has 2 nitrogen and oxygen atoms in total. The second-order valence-electron chi connectivity index (χ2n) is 5.88. The van der Waals surface area contributed by atoms with Gasteiger partial charge < -0.3 is 35.3 Å². The third-order valence-electron chi connectivity index (χ3n) is 4.17. The van der Waals surface area contributed by atoms with Gasteiger partial charge in [0.25, 0.3) is 0 Å². The molecule has 1 aliphatic carbocycles. The first-order chi connectivity index (χ1) is 12.0. The van der Waals surface area contributed by atoms with Crippen LogP contribution in [0.4, 0.5) is 0 Å². The van der Waals surface area contributed by atoms with Gasteiger partial charge in [0.2, 0.25) is 0 Å². The van der Waals surface area contributed by atoms with Crippen LogP contribution in [-0.2, 0) is 26.5 Å². The van der Waals surface area contributed by atoms with Crippen molar-refractivity contribution in [1.29, 1.82) is 0 Å². The Balaban J connectivity index is -0.000000372. The molecule has 0 spiro atoms. The predicted molar refractivity (Wildman–Crippen MR) is 110 cm³/mol. The molecule has 3 rings (SSSR count). The molecular weight excluding hydrogens is 441 g/mol. The number of hydrogen-bond donors (Lipinski definition) is 0. The second kappa shape index (κ2) is 18.0. The fraction of sp³-hybridized carbons (Fsp3) is 0.227. The number of carbonyl (C=O) groups is 1. The van der Waals surface area contributed by atoms with Crippen LogP contribution in [0.5, 0.6) is 0 Å². The van der Waals surface area contributed by atoms with Gasteiger partial charge in [0.15, 0.2) is 0 Å². The minimum absolute atomic E-state index is 0. The normalized spacial score (nSPS) is 13.7. The van der Waals surface area contributed by atoms with Crippen LogP contribution in [0.2, 0.25) is 0 Å². The van der Waals surface area contributed by atoms with Crippen molar-refractivity contribution in [2.75, 3.05) is 0 Å². The van der Waals surface area contributed by atoms with E-state index in [4.69, 9.17) is 10.5 Å². The molecule has 0 aromatic heterocycles. The van der Waals surface area contributed by atoms with Crippen molar-refractivity contribution in [2.45, 2.75) is 27.7 Å². The average molecular weight is 467 g/mol. The van der Waals surface area contributed by atoms with Crippen LogP contribution in [0.15, 0.2) is 77.4 Å². The maximum atomic E-state index is 8.47. The van der Waals surface area contributed by atoms with Crippen LogP contribution in [0, 0.1) is 12.0 Å². The van der Waals surface area contributed by atoms with Gasteiger partial charge in [0.1, 0.15) is 9.52 Å². The van der Waals surface area contributed by atoms with Gasteiger partial charge in [0, 0.05) is 6.41 Å². The molecular formula is C22H26Cl2NOSiTi. The summed E-state index contributed by atoms with van der Waals surface area (Å²) >= 11 is 0. The van der Waals surface area contributed by atoms with Crippen LogP contribution in [0.3, 0.4) is 0 Å². The van der Waals surface area contributed by atoms with E-state index < -0.39 is 0 Å². The Bertz CT molecular complexity index is 684. The van der Waals surface area contributed by atoms with Crippen LogP contribution in [-0.4, -0.2) is 15.9 Å². The van der Waals surface area contributed by atoms with Gasteiger partial charge in [-0.15, -0.1) is 6.92 Å². The molecule has 1 aliphatic rings. The third kappa shape index (κ3) is 11.7. The molecule has 2 aromatic carbocycles. The van der Waals surface area contributed by atoms with Gasteiger partial charge in [0.05, 0.1) is 0 Å². The van der Waals surface area contributed by atoms with Crippen molar-refractivity contribution in [3.63, 3.8) is 0 Å². The molecule has 1 unspecified atom stereocenters. The number of nitrogens with one attached hydrogen (secondary N) is 1. The molecule has 0 aliphatic heterocycles. The summed E-state index contributed by atoms with van der Waals surface area (Å²) in [5.74, 6) is 0.560. The molecule has 1 N–H and O–H groups in total. The van der Waals surface area contributed by atoms with Crippen molar-refractivity contribution in [1.82, 2.24) is 0 Å². The zero-order valence-electron chi connectivity index (χ0n) is 16.7. The van der Waals surface area contributed by atoms with Gasteiger partial charge in [-0.3, -0.25) is 6.08 Å². The van der Waals surface area contributed by atoms with Crippen LogP contribution >= 0.6 is 0 Å². The van der Waals surface area contributed by atoms with E-state index in [9.17, 15) is 0 Å². The number of allylic oxidation sites excluding steroid dienone is 4. The number of hydrogen-bond acceptors (Lipinski definition) is 1. The zero-order valence-corrected chi connectivity index (χ0v) is 20.9.